The molecule has 0 spiro atoms. The molecule has 27 heavy (non-hydrogen) atoms. The van der Waals surface area contributed by atoms with Gasteiger partial charge in [-0.3, -0.25) is 4.79 Å². The molecule has 1 saturated carbocycles. The van der Waals surface area contributed by atoms with Crippen LogP contribution in [0.3, 0.4) is 0 Å². The molecule has 0 aromatic heterocycles. The topological polar surface area (TPSA) is 75.4 Å². The molecule has 0 aliphatic heterocycles. The number of carbonyl (C=O) groups excluding carboxylic acids is 2. The third-order valence-electron chi connectivity index (χ3n) is 4.23. The van der Waals surface area contributed by atoms with Crippen molar-refractivity contribution in [1.29, 1.82) is 0 Å². The molecule has 138 valence electrons. The molecule has 2 aromatic rings. The lowest BCUT2D eigenvalue weighted by atomic mass is 10.1. The van der Waals surface area contributed by atoms with Crippen molar-refractivity contribution in [3.8, 4) is 11.8 Å². The van der Waals surface area contributed by atoms with Gasteiger partial charge in [-0.1, -0.05) is 30.0 Å². The second-order valence-corrected chi connectivity index (χ2v) is 6.39. The van der Waals surface area contributed by atoms with Gasteiger partial charge in [0, 0.05) is 23.7 Å². The first-order valence-electron chi connectivity index (χ1n) is 8.70. The number of primary amides is 1. The molecule has 3 rings (SSSR count). The van der Waals surface area contributed by atoms with Crippen LogP contribution < -0.4 is 11.1 Å². The largest absolute Gasteiger partial charge is 0.366 e. The van der Waals surface area contributed by atoms with Crippen molar-refractivity contribution in [2.45, 2.75) is 25.4 Å². The number of hydrogen-bond donors (Lipinski definition) is 2. The van der Waals surface area contributed by atoms with E-state index in [4.69, 9.17) is 5.73 Å². The van der Waals surface area contributed by atoms with Crippen LogP contribution in [0.25, 0.3) is 0 Å². The Morgan fingerprint density at radius 2 is 1.93 bits per heavy atom. The zero-order chi connectivity index (χ0) is 19.2. The number of carbonyl (C=O) groups is 2. The van der Waals surface area contributed by atoms with Gasteiger partial charge in [0.25, 0.3) is 0 Å². The SMILES string of the molecule is NC(=O)c1ccc(CN(C(=O)NCC#Cc2cccc(F)c2)C2CC2)cc1. The van der Waals surface area contributed by atoms with E-state index in [1.807, 2.05) is 0 Å². The van der Waals surface area contributed by atoms with E-state index in [1.165, 1.54) is 12.1 Å². The molecule has 1 aliphatic carbocycles. The monoisotopic (exact) mass is 365 g/mol. The Labute approximate surface area is 157 Å². The van der Waals surface area contributed by atoms with Crippen LogP contribution in [-0.2, 0) is 6.54 Å². The van der Waals surface area contributed by atoms with Gasteiger partial charge < -0.3 is 16.0 Å². The maximum absolute atomic E-state index is 13.1. The van der Waals surface area contributed by atoms with Crippen LogP contribution in [0.15, 0.2) is 48.5 Å². The Balaban J connectivity index is 1.57. The highest BCUT2D eigenvalue weighted by atomic mass is 19.1. The molecule has 0 saturated heterocycles. The predicted octanol–water partition coefficient (Wildman–Crippen LogP) is 2.65. The number of amides is 3. The minimum Gasteiger partial charge on any atom is -0.366 e. The van der Waals surface area contributed by atoms with Crippen molar-refractivity contribution in [2.24, 2.45) is 5.73 Å². The third kappa shape index (κ3) is 5.32. The van der Waals surface area contributed by atoms with Gasteiger partial charge in [-0.2, -0.15) is 0 Å². The van der Waals surface area contributed by atoms with E-state index in [0.29, 0.717) is 17.7 Å². The molecule has 0 unspecified atom stereocenters. The molecular formula is C21H20FN3O2. The zero-order valence-corrected chi connectivity index (χ0v) is 14.7. The molecule has 1 fully saturated rings. The molecule has 5 nitrogen and oxygen atoms in total. The summed E-state index contributed by atoms with van der Waals surface area (Å²) in [6.45, 7) is 0.631. The standard InChI is InChI=1S/C21H20FN3O2/c22-18-5-1-3-15(13-18)4-2-12-24-21(27)25(19-10-11-19)14-16-6-8-17(9-7-16)20(23)26/h1,3,5-9,13,19H,10-12,14H2,(H2,23,26)(H,24,27). The van der Waals surface area contributed by atoms with Gasteiger partial charge in [0.2, 0.25) is 5.91 Å². The van der Waals surface area contributed by atoms with E-state index in [2.05, 4.69) is 17.2 Å². The lowest BCUT2D eigenvalue weighted by Gasteiger charge is -2.22. The number of rotatable bonds is 5. The van der Waals surface area contributed by atoms with E-state index in [0.717, 1.165) is 18.4 Å². The first kappa shape index (κ1) is 18.5. The molecule has 2 aromatic carbocycles. The summed E-state index contributed by atoms with van der Waals surface area (Å²) >= 11 is 0. The lowest BCUT2D eigenvalue weighted by Crippen LogP contribution is -2.41. The highest BCUT2D eigenvalue weighted by Gasteiger charge is 2.32. The number of benzene rings is 2. The summed E-state index contributed by atoms with van der Waals surface area (Å²) in [5.41, 5.74) is 7.17. The Kier molecular flexibility index (Phi) is 5.72. The zero-order valence-electron chi connectivity index (χ0n) is 14.7. The van der Waals surface area contributed by atoms with E-state index in [1.54, 1.807) is 41.3 Å². The average molecular weight is 365 g/mol. The van der Waals surface area contributed by atoms with Gasteiger partial charge in [0.15, 0.2) is 0 Å². The number of hydrogen-bond acceptors (Lipinski definition) is 2. The number of nitrogens with two attached hydrogens (primary N) is 1. The van der Waals surface area contributed by atoms with Crippen LogP contribution in [0.1, 0.15) is 34.3 Å². The van der Waals surface area contributed by atoms with Gasteiger partial charge >= 0.3 is 6.03 Å². The fourth-order valence-corrected chi connectivity index (χ4v) is 2.66. The fourth-order valence-electron chi connectivity index (χ4n) is 2.66. The van der Waals surface area contributed by atoms with Crippen molar-refractivity contribution in [3.05, 3.63) is 71.0 Å². The molecule has 1 aliphatic rings. The third-order valence-corrected chi connectivity index (χ3v) is 4.23. The van der Waals surface area contributed by atoms with Crippen LogP contribution >= 0.6 is 0 Å². The lowest BCUT2D eigenvalue weighted by molar-refractivity contribution is 0.1000. The Morgan fingerprint density at radius 1 is 1.19 bits per heavy atom. The maximum atomic E-state index is 13.1. The maximum Gasteiger partial charge on any atom is 0.318 e. The Hall–Kier alpha value is -3.33. The summed E-state index contributed by atoms with van der Waals surface area (Å²) in [6, 6.07) is 13.0. The van der Waals surface area contributed by atoms with Gasteiger partial charge in [-0.25, -0.2) is 9.18 Å². The fraction of sp³-hybridized carbons (Fsp3) is 0.238. The highest BCUT2D eigenvalue weighted by molar-refractivity contribution is 5.92. The van der Waals surface area contributed by atoms with E-state index >= 15 is 0 Å². The molecule has 0 heterocycles. The van der Waals surface area contributed by atoms with Crippen LogP contribution in [0.5, 0.6) is 0 Å². The number of halogens is 1. The van der Waals surface area contributed by atoms with Crippen molar-refractivity contribution < 1.29 is 14.0 Å². The molecule has 0 bridgehead atoms. The Morgan fingerprint density at radius 3 is 2.56 bits per heavy atom. The van der Waals surface area contributed by atoms with Gasteiger partial charge in [0.05, 0.1) is 6.54 Å². The molecule has 3 amide bonds. The normalized spacial score (nSPS) is 12.6. The van der Waals surface area contributed by atoms with E-state index in [9.17, 15) is 14.0 Å². The van der Waals surface area contributed by atoms with E-state index < -0.39 is 5.91 Å². The average Bonchev–Trinajstić information content (AvgIpc) is 3.48. The minimum atomic E-state index is -0.477. The summed E-state index contributed by atoms with van der Waals surface area (Å²) < 4.78 is 13.1. The van der Waals surface area contributed by atoms with Gasteiger partial charge in [-0.15, -0.1) is 0 Å². The number of urea groups is 1. The van der Waals surface area contributed by atoms with E-state index in [-0.39, 0.29) is 24.4 Å². The number of nitrogens with zero attached hydrogens (tertiary/aromatic N) is 1. The van der Waals surface area contributed by atoms with Crippen molar-refractivity contribution in [1.82, 2.24) is 10.2 Å². The predicted molar refractivity (Wildman–Crippen MR) is 100 cm³/mol. The summed E-state index contributed by atoms with van der Waals surface area (Å²) in [7, 11) is 0. The van der Waals surface area contributed by atoms with Crippen LogP contribution in [0.4, 0.5) is 9.18 Å². The highest BCUT2D eigenvalue weighted by Crippen LogP contribution is 2.28. The number of nitrogens with one attached hydrogen (secondary N) is 1. The first-order valence-corrected chi connectivity index (χ1v) is 8.70. The van der Waals surface area contributed by atoms with Crippen molar-refractivity contribution >= 4 is 11.9 Å². The summed E-state index contributed by atoms with van der Waals surface area (Å²) in [4.78, 5) is 25.4. The van der Waals surface area contributed by atoms with Gasteiger partial charge in [-0.05, 0) is 48.7 Å². The summed E-state index contributed by atoms with van der Waals surface area (Å²) in [6.07, 6.45) is 1.95. The minimum absolute atomic E-state index is 0.180. The first-order chi connectivity index (χ1) is 13.0. The molecule has 6 heteroatoms. The van der Waals surface area contributed by atoms with Crippen molar-refractivity contribution in [3.63, 3.8) is 0 Å². The van der Waals surface area contributed by atoms with Crippen LogP contribution in [0.2, 0.25) is 0 Å². The Bertz CT molecular complexity index is 896. The molecule has 0 radical (unpaired) electrons. The van der Waals surface area contributed by atoms with Gasteiger partial charge in [0.1, 0.15) is 5.82 Å². The quantitative estimate of drug-likeness (QED) is 0.800. The molecule has 0 atom stereocenters. The summed E-state index contributed by atoms with van der Waals surface area (Å²) in [5.74, 6) is 4.84. The summed E-state index contributed by atoms with van der Waals surface area (Å²) in [5, 5.41) is 2.78. The van der Waals surface area contributed by atoms with Crippen LogP contribution in [-0.4, -0.2) is 29.4 Å². The van der Waals surface area contributed by atoms with Crippen molar-refractivity contribution in [2.75, 3.05) is 6.54 Å². The van der Waals surface area contributed by atoms with Crippen LogP contribution in [0, 0.1) is 17.7 Å². The smallest absolute Gasteiger partial charge is 0.318 e. The molecule has 3 N–H and O–H groups in total. The molecular weight excluding hydrogens is 345 g/mol. The second kappa shape index (κ2) is 8.37. The second-order valence-electron chi connectivity index (χ2n) is 6.39.